The summed E-state index contributed by atoms with van der Waals surface area (Å²) in [5, 5.41) is 4.15. The van der Waals surface area contributed by atoms with Gasteiger partial charge in [-0.1, -0.05) is 5.16 Å². The van der Waals surface area contributed by atoms with E-state index in [1.165, 1.54) is 18.4 Å². The highest BCUT2D eigenvalue weighted by Crippen LogP contribution is 2.40. The van der Waals surface area contributed by atoms with Gasteiger partial charge in [0.05, 0.1) is 5.69 Å². The molecular formula is C15H19N3O. The first-order chi connectivity index (χ1) is 9.31. The summed E-state index contributed by atoms with van der Waals surface area (Å²) in [7, 11) is 2.12. The summed E-state index contributed by atoms with van der Waals surface area (Å²) in [6, 6.07) is 6.24. The van der Waals surface area contributed by atoms with Crippen molar-refractivity contribution in [2.45, 2.75) is 31.7 Å². The summed E-state index contributed by atoms with van der Waals surface area (Å²) in [5.74, 6) is 1.71. The molecule has 100 valence electrons. The Kier molecular flexibility index (Phi) is 3.60. The van der Waals surface area contributed by atoms with Crippen molar-refractivity contribution in [2.75, 3.05) is 13.6 Å². The van der Waals surface area contributed by atoms with Crippen molar-refractivity contribution in [1.82, 2.24) is 15.0 Å². The molecule has 0 aromatic carbocycles. The minimum absolute atomic E-state index is 0.642. The normalized spacial score (nSPS) is 15.1. The van der Waals surface area contributed by atoms with Crippen LogP contribution in [0.5, 0.6) is 0 Å². The zero-order valence-electron chi connectivity index (χ0n) is 11.2. The largest absolute Gasteiger partial charge is 0.361 e. The first kappa shape index (κ1) is 12.4. The van der Waals surface area contributed by atoms with Crippen LogP contribution in [0.15, 0.2) is 35.1 Å². The van der Waals surface area contributed by atoms with Gasteiger partial charge < -0.3 is 9.42 Å². The van der Waals surface area contributed by atoms with Crippen LogP contribution in [0, 0.1) is 0 Å². The Morgan fingerprint density at radius 3 is 2.84 bits per heavy atom. The monoisotopic (exact) mass is 257 g/mol. The van der Waals surface area contributed by atoms with Crippen molar-refractivity contribution in [3.8, 4) is 0 Å². The molecular weight excluding hydrogens is 238 g/mol. The minimum Gasteiger partial charge on any atom is -0.361 e. The third-order valence-corrected chi connectivity index (χ3v) is 3.52. The van der Waals surface area contributed by atoms with Crippen molar-refractivity contribution in [1.29, 1.82) is 0 Å². The zero-order chi connectivity index (χ0) is 13.1. The van der Waals surface area contributed by atoms with Gasteiger partial charge in [0.2, 0.25) is 0 Å². The molecule has 0 amide bonds. The Bertz CT molecular complexity index is 519. The van der Waals surface area contributed by atoms with E-state index in [1.54, 1.807) is 0 Å². The fourth-order valence-electron chi connectivity index (χ4n) is 2.19. The number of pyridine rings is 1. The van der Waals surface area contributed by atoms with E-state index in [-0.39, 0.29) is 0 Å². The molecule has 0 aliphatic heterocycles. The van der Waals surface area contributed by atoms with Crippen LogP contribution in [0.2, 0.25) is 0 Å². The van der Waals surface area contributed by atoms with Gasteiger partial charge >= 0.3 is 0 Å². The molecule has 0 saturated heterocycles. The van der Waals surface area contributed by atoms with E-state index >= 15 is 0 Å². The fourth-order valence-corrected chi connectivity index (χ4v) is 2.19. The quantitative estimate of drug-likeness (QED) is 0.797. The summed E-state index contributed by atoms with van der Waals surface area (Å²) < 4.78 is 5.37. The summed E-state index contributed by atoms with van der Waals surface area (Å²) in [5.41, 5.74) is 2.36. The van der Waals surface area contributed by atoms with Crippen LogP contribution in [-0.2, 0) is 13.0 Å². The molecule has 1 aliphatic carbocycles. The van der Waals surface area contributed by atoms with E-state index in [4.69, 9.17) is 4.52 Å². The highest BCUT2D eigenvalue weighted by Gasteiger charge is 2.27. The standard InChI is InChI=1S/C15H19N3O/c1-18(9-6-12-4-7-16-8-5-12)11-14-10-15(19-17-14)13-2-3-13/h4-5,7-8,10,13H,2-3,6,9,11H2,1H3. The molecule has 19 heavy (non-hydrogen) atoms. The molecule has 2 aromatic rings. The molecule has 2 aromatic heterocycles. The second-order valence-corrected chi connectivity index (χ2v) is 5.34. The molecule has 0 unspecified atom stereocenters. The average Bonchev–Trinajstić information content (AvgIpc) is 3.19. The predicted octanol–water partition coefficient (Wildman–Crippen LogP) is 2.62. The van der Waals surface area contributed by atoms with Crippen molar-refractivity contribution in [3.05, 3.63) is 47.6 Å². The Morgan fingerprint density at radius 1 is 1.32 bits per heavy atom. The second-order valence-electron chi connectivity index (χ2n) is 5.34. The van der Waals surface area contributed by atoms with Gasteiger partial charge in [-0.25, -0.2) is 0 Å². The summed E-state index contributed by atoms with van der Waals surface area (Å²) >= 11 is 0. The highest BCUT2D eigenvalue weighted by molar-refractivity contribution is 5.14. The Labute approximate surface area is 113 Å². The molecule has 1 saturated carbocycles. The van der Waals surface area contributed by atoms with Crippen LogP contribution in [0.4, 0.5) is 0 Å². The smallest absolute Gasteiger partial charge is 0.140 e. The van der Waals surface area contributed by atoms with Crippen LogP contribution < -0.4 is 0 Å². The average molecular weight is 257 g/mol. The molecule has 0 atom stereocenters. The topological polar surface area (TPSA) is 42.2 Å². The van der Waals surface area contributed by atoms with Gasteiger partial charge in [0, 0.05) is 37.5 Å². The molecule has 0 bridgehead atoms. The van der Waals surface area contributed by atoms with E-state index in [1.807, 2.05) is 12.4 Å². The molecule has 0 spiro atoms. The first-order valence-corrected chi connectivity index (χ1v) is 6.84. The van der Waals surface area contributed by atoms with Crippen molar-refractivity contribution in [3.63, 3.8) is 0 Å². The van der Waals surface area contributed by atoms with E-state index in [0.717, 1.165) is 31.0 Å². The zero-order valence-corrected chi connectivity index (χ0v) is 11.2. The SMILES string of the molecule is CN(CCc1ccncc1)Cc1cc(C2CC2)on1. The lowest BCUT2D eigenvalue weighted by molar-refractivity contribution is 0.310. The van der Waals surface area contributed by atoms with Crippen LogP contribution in [-0.4, -0.2) is 28.6 Å². The molecule has 1 fully saturated rings. The molecule has 4 heteroatoms. The Balaban J connectivity index is 1.48. The maximum atomic E-state index is 5.37. The summed E-state index contributed by atoms with van der Waals surface area (Å²) in [6.45, 7) is 1.86. The number of hydrogen-bond acceptors (Lipinski definition) is 4. The van der Waals surface area contributed by atoms with Crippen LogP contribution >= 0.6 is 0 Å². The number of likely N-dealkylation sites (N-methyl/N-ethyl adjacent to an activating group) is 1. The fraction of sp³-hybridized carbons (Fsp3) is 0.467. The molecule has 0 radical (unpaired) electrons. The minimum atomic E-state index is 0.642. The number of rotatable bonds is 6. The maximum Gasteiger partial charge on any atom is 0.140 e. The third kappa shape index (κ3) is 3.41. The van der Waals surface area contributed by atoms with Gasteiger partial charge in [0.15, 0.2) is 0 Å². The molecule has 0 N–H and O–H groups in total. The van der Waals surface area contributed by atoms with Crippen LogP contribution in [0.1, 0.15) is 35.8 Å². The lowest BCUT2D eigenvalue weighted by Crippen LogP contribution is -2.20. The van der Waals surface area contributed by atoms with Crippen molar-refractivity contribution < 1.29 is 4.52 Å². The highest BCUT2D eigenvalue weighted by atomic mass is 16.5. The summed E-state index contributed by atoms with van der Waals surface area (Å²) in [4.78, 5) is 6.30. The molecule has 4 nitrogen and oxygen atoms in total. The van der Waals surface area contributed by atoms with Gasteiger partial charge in [-0.2, -0.15) is 0 Å². The van der Waals surface area contributed by atoms with Crippen LogP contribution in [0.3, 0.4) is 0 Å². The lowest BCUT2D eigenvalue weighted by atomic mass is 10.2. The second kappa shape index (κ2) is 5.53. The van der Waals surface area contributed by atoms with Crippen molar-refractivity contribution in [2.24, 2.45) is 0 Å². The molecule has 3 rings (SSSR count). The lowest BCUT2D eigenvalue weighted by Gasteiger charge is -2.14. The van der Waals surface area contributed by atoms with E-state index in [9.17, 15) is 0 Å². The van der Waals surface area contributed by atoms with Gasteiger partial charge in [0.1, 0.15) is 5.76 Å². The maximum absolute atomic E-state index is 5.37. The molecule has 1 aliphatic rings. The first-order valence-electron chi connectivity index (χ1n) is 6.84. The van der Waals surface area contributed by atoms with E-state index in [2.05, 4.69) is 40.3 Å². The summed E-state index contributed by atoms with van der Waals surface area (Å²) in [6.07, 6.45) is 7.23. The number of hydrogen-bond donors (Lipinski definition) is 0. The van der Waals surface area contributed by atoms with E-state index < -0.39 is 0 Å². The molecule has 2 heterocycles. The van der Waals surface area contributed by atoms with Gasteiger partial charge in [-0.3, -0.25) is 4.98 Å². The predicted molar refractivity (Wildman–Crippen MR) is 72.8 cm³/mol. The Morgan fingerprint density at radius 2 is 2.11 bits per heavy atom. The van der Waals surface area contributed by atoms with Crippen molar-refractivity contribution >= 4 is 0 Å². The van der Waals surface area contributed by atoms with E-state index in [0.29, 0.717) is 5.92 Å². The number of nitrogens with zero attached hydrogens (tertiary/aromatic N) is 3. The number of aromatic nitrogens is 2. The Hall–Kier alpha value is -1.68. The van der Waals surface area contributed by atoms with Gasteiger partial charge in [0.25, 0.3) is 0 Å². The van der Waals surface area contributed by atoms with Gasteiger partial charge in [-0.05, 0) is 44.0 Å². The van der Waals surface area contributed by atoms with Gasteiger partial charge in [-0.15, -0.1) is 0 Å². The third-order valence-electron chi connectivity index (χ3n) is 3.52. The van der Waals surface area contributed by atoms with Crippen LogP contribution in [0.25, 0.3) is 0 Å².